The zero-order valence-corrected chi connectivity index (χ0v) is 14.4. The van der Waals surface area contributed by atoms with Crippen LogP contribution in [0.1, 0.15) is 46.0 Å². The average Bonchev–Trinajstić information content (AvgIpc) is 3.26. The second-order valence-electron chi connectivity index (χ2n) is 7.16. The molecule has 7 heteroatoms. The molecule has 3 aliphatic heterocycles. The van der Waals surface area contributed by atoms with Crippen molar-refractivity contribution in [3.05, 3.63) is 0 Å². The van der Waals surface area contributed by atoms with Crippen molar-refractivity contribution in [3.63, 3.8) is 0 Å². The van der Waals surface area contributed by atoms with Crippen molar-refractivity contribution in [1.82, 2.24) is 10.2 Å². The number of hydrogen-bond donors (Lipinski definition) is 2. The Bertz CT molecular complexity index is 510. The predicted octanol–water partition coefficient (Wildman–Crippen LogP) is 0.173. The van der Waals surface area contributed by atoms with Gasteiger partial charge < -0.3 is 15.8 Å². The van der Waals surface area contributed by atoms with Crippen LogP contribution in [0.2, 0.25) is 0 Å². The number of carbonyl (C=O) groups excluding carboxylic acids is 3. The number of nitrogens with two attached hydrogens (primary N) is 1. The van der Waals surface area contributed by atoms with Crippen LogP contribution in [0, 0.1) is 11.8 Å². The lowest BCUT2D eigenvalue weighted by molar-refractivity contribution is -0.142. The quantitative estimate of drug-likeness (QED) is 0.645. The summed E-state index contributed by atoms with van der Waals surface area (Å²) in [7, 11) is 0. The van der Waals surface area contributed by atoms with Gasteiger partial charge in [0.05, 0.1) is 29.6 Å². The molecule has 0 saturated carbocycles. The highest BCUT2D eigenvalue weighted by molar-refractivity contribution is 6.06. The number of hydrogen-bond acceptors (Lipinski definition) is 5. The lowest BCUT2D eigenvalue weighted by atomic mass is 9.81. The number of nitrogens with one attached hydrogen (secondary N) is 1. The Balaban J connectivity index is 1.58. The van der Waals surface area contributed by atoms with Crippen molar-refractivity contribution >= 4 is 17.7 Å². The molecule has 4 atom stereocenters. The molecule has 0 aromatic carbocycles. The molecule has 0 spiro atoms. The van der Waals surface area contributed by atoms with Gasteiger partial charge in [-0.2, -0.15) is 0 Å². The molecule has 0 aromatic rings. The van der Waals surface area contributed by atoms with Gasteiger partial charge in [0, 0.05) is 19.5 Å². The molecule has 4 unspecified atom stereocenters. The fourth-order valence-corrected chi connectivity index (χ4v) is 4.33. The fraction of sp³-hybridized carbons (Fsp3) is 0.824. The molecule has 7 nitrogen and oxygen atoms in total. The molecule has 134 valence electrons. The van der Waals surface area contributed by atoms with Crippen LogP contribution in [0.25, 0.3) is 0 Å². The minimum atomic E-state index is -0.403. The number of nitrogens with zero attached hydrogens (tertiary/aromatic N) is 1. The normalized spacial score (nSPS) is 31.7. The van der Waals surface area contributed by atoms with Gasteiger partial charge in [-0.05, 0) is 25.7 Å². The maximum absolute atomic E-state index is 12.5. The van der Waals surface area contributed by atoms with Gasteiger partial charge in [0.25, 0.3) is 0 Å². The van der Waals surface area contributed by atoms with Gasteiger partial charge >= 0.3 is 0 Å². The first-order chi connectivity index (χ1) is 11.5. The molecule has 0 aromatic heterocycles. The number of likely N-dealkylation sites (tertiary alicyclic amines) is 1. The van der Waals surface area contributed by atoms with E-state index in [1.54, 1.807) is 0 Å². The smallest absolute Gasteiger partial charge is 0.235 e. The first-order valence-corrected chi connectivity index (χ1v) is 8.98. The van der Waals surface area contributed by atoms with Crippen LogP contribution in [0.4, 0.5) is 0 Å². The Labute approximate surface area is 142 Å². The molecule has 0 aliphatic carbocycles. The maximum atomic E-state index is 12.5. The van der Waals surface area contributed by atoms with Crippen LogP contribution < -0.4 is 11.1 Å². The minimum absolute atomic E-state index is 0.111. The zero-order chi connectivity index (χ0) is 17.5. The van der Waals surface area contributed by atoms with Gasteiger partial charge in [0.2, 0.25) is 17.7 Å². The molecule has 3 fully saturated rings. The van der Waals surface area contributed by atoms with Crippen LogP contribution in [-0.2, 0) is 19.1 Å². The first-order valence-electron chi connectivity index (χ1n) is 8.98. The lowest BCUT2D eigenvalue weighted by Crippen LogP contribution is -2.53. The third-order valence-corrected chi connectivity index (χ3v) is 6.09. The largest absolute Gasteiger partial charge is 0.373 e. The van der Waals surface area contributed by atoms with E-state index in [-0.39, 0.29) is 54.7 Å². The molecule has 3 N–H and O–H groups in total. The van der Waals surface area contributed by atoms with Crippen molar-refractivity contribution in [2.24, 2.45) is 17.6 Å². The fourth-order valence-electron chi connectivity index (χ4n) is 4.33. The number of fused-ring (bicyclic) bond motifs is 5. The van der Waals surface area contributed by atoms with E-state index in [2.05, 4.69) is 5.32 Å². The van der Waals surface area contributed by atoms with Crippen molar-refractivity contribution in [2.45, 2.75) is 63.7 Å². The highest BCUT2D eigenvalue weighted by Crippen LogP contribution is 2.48. The summed E-state index contributed by atoms with van der Waals surface area (Å²) in [5.74, 6) is -1.15. The summed E-state index contributed by atoms with van der Waals surface area (Å²) in [5, 5.41) is 2.98. The summed E-state index contributed by atoms with van der Waals surface area (Å²) in [6, 6.07) is 0. The van der Waals surface area contributed by atoms with Gasteiger partial charge in [-0.25, -0.2) is 0 Å². The van der Waals surface area contributed by atoms with Crippen LogP contribution >= 0.6 is 0 Å². The molecule has 2 bridgehead atoms. The number of imide groups is 1. The van der Waals surface area contributed by atoms with Crippen molar-refractivity contribution in [2.75, 3.05) is 13.1 Å². The number of amides is 3. The van der Waals surface area contributed by atoms with Gasteiger partial charge in [-0.1, -0.05) is 13.8 Å². The van der Waals surface area contributed by atoms with Crippen LogP contribution in [-0.4, -0.2) is 53.5 Å². The summed E-state index contributed by atoms with van der Waals surface area (Å²) in [5.41, 5.74) is 5.39. The van der Waals surface area contributed by atoms with Crippen LogP contribution in [0.5, 0.6) is 0 Å². The predicted molar refractivity (Wildman–Crippen MR) is 86.7 cm³/mol. The van der Waals surface area contributed by atoms with Gasteiger partial charge in [0.1, 0.15) is 0 Å². The molecule has 0 radical (unpaired) electrons. The lowest BCUT2D eigenvalue weighted by Gasteiger charge is -2.31. The van der Waals surface area contributed by atoms with Crippen LogP contribution in [0.3, 0.4) is 0 Å². The Kier molecular flexibility index (Phi) is 4.66. The maximum Gasteiger partial charge on any atom is 0.235 e. The molecular weight excluding hydrogens is 310 g/mol. The molecule has 3 heterocycles. The summed E-state index contributed by atoms with van der Waals surface area (Å²) in [6.07, 6.45) is 3.10. The summed E-state index contributed by atoms with van der Waals surface area (Å²) >= 11 is 0. The molecule has 24 heavy (non-hydrogen) atoms. The van der Waals surface area contributed by atoms with Crippen LogP contribution in [0.15, 0.2) is 0 Å². The molecule has 3 rings (SSSR count). The zero-order valence-electron chi connectivity index (χ0n) is 14.4. The van der Waals surface area contributed by atoms with E-state index in [1.165, 1.54) is 4.90 Å². The molecule has 3 aliphatic rings. The van der Waals surface area contributed by atoms with E-state index in [1.807, 2.05) is 13.8 Å². The first kappa shape index (κ1) is 17.4. The summed E-state index contributed by atoms with van der Waals surface area (Å²) < 4.78 is 5.70. The number of ether oxygens (including phenoxy) is 1. The van der Waals surface area contributed by atoms with Crippen molar-refractivity contribution in [3.8, 4) is 0 Å². The minimum Gasteiger partial charge on any atom is -0.373 e. The standard InChI is InChI=1S/C17H27N3O4/c1-3-17(4-2,9-18)19-12(21)7-8-20-15(22)13-10-5-6-11(24-10)14(13)16(20)23/h10-11,13-14H,3-9,18H2,1-2H3,(H,19,21). The highest BCUT2D eigenvalue weighted by Gasteiger charge is 2.62. The van der Waals surface area contributed by atoms with Gasteiger partial charge in [-0.15, -0.1) is 0 Å². The van der Waals surface area contributed by atoms with E-state index in [0.717, 1.165) is 25.7 Å². The Morgan fingerprint density at radius 1 is 1.21 bits per heavy atom. The second kappa shape index (κ2) is 6.44. The van der Waals surface area contributed by atoms with E-state index in [0.29, 0.717) is 6.54 Å². The summed E-state index contributed by atoms with van der Waals surface area (Å²) in [6.45, 7) is 4.49. The van der Waals surface area contributed by atoms with Crippen molar-refractivity contribution < 1.29 is 19.1 Å². The molecule has 3 saturated heterocycles. The highest BCUT2D eigenvalue weighted by atomic mass is 16.5. The van der Waals surface area contributed by atoms with E-state index in [4.69, 9.17) is 10.5 Å². The number of rotatable bonds is 7. The van der Waals surface area contributed by atoms with E-state index >= 15 is 0 Å². The van der Waals surface area contributed by atoms with Gasteiger partial charge in [-0.3, -0.25) is 19.3 Å². The van der Waals surface area contributed by atoms with E-state index < -0.39 is 5.54 Å². The Hall–Kier alpha value is -1.47. The Morgan fingerprint density at radius 2 is 1.75 bits per heavy atom. The average molecular weight is 337 g/mol. The molecule has 3 amide bonds. The monoisotopic (exact) mass is 337 g/mol. The SMILES string of the molecule is CCC(CC)(CN)NC(=O)CCN1C(=O)C2C3CCC(O3)C2C1=O. The van der Waals surface area contributed by atoms with Gasteiger partial charge in [0.15, 0.2) is 0 Å². The molecular formula is C17H27N3O4. The Morgan fingerprint density at radius 3 is 2.21 bits per heavy atom. The summed E-state index contributed by atoms with van der Waals surface area (Å²) in [4.78, 5) is 38.6. The topological polar surface area (TPSA) is 102 Å². The third-order valence-electron chi connectivity index (χ3n) is 6.09. The third kappa shape index (κ3) is 2.63. The van der Waals surface area contributed by atoms with E-state index in [9.17, 15) is 14.4 Å². The van der Waals surface area contributed by atoms with Crippen molar-refractivity contribution in [1.29, 1.82) is 0 Å². The number of carbonyl (C=O) groups is 3. The second-order valence-corrected chi connectivity index (χ2v) is 7.16.